The fourth-order valence-electron chi connectivity index (χ4n) is 2.66. The minimum Gasteiger partial charge on any atom is -0.493 e. The lowest BCUT2D eigenvalue weighted by Crippen LogP contribution is -2.13. The van der Waals surface area contributed by atoms with Crippen molar-refractivity contribution in [1.82, 2.24) is 0 Å². The second kappa shape index (κ2) is 8.31. The van der Waals surface area contributed by atoms with Crippen LogP contribution in [0.5, 0.6) is 11.5 Å². The molecular formula is C21H17F2NO3. The number of anilines is 1. The molecule has 0 radical (unpaired) electrons. The lowest BCUT2D eigenvalue weighted by Gasteiger charge is -2.13. The summed E-state index contributed by atoms with van der Waals surface area (Å²) in [5.41, 5.74) is 2.74. The fourth-order valence-corrected chi connectivity index (χ4v) is 2.66. The zero-order chi connectivity index (χ0) is 19.2. The molecule has 0 unspecified atom stereocenters. The van der Waals surface area contributed by atoms with Crippen LogP contribution in [0.3, 0.4) is 0 Å². The summed E-state index contributed by atoms with van der Waals surface area (Å²) in [6.45, 7) is -2.98. The Morgan fingerprint density at radius 1 is 0.926 bits per heavy atom. The molecule has 0 aliphatic carbocycles. The zero-order valence-corrected chi connectivity index (χ0v) is 14.5. The number of ether oxygens (including phenoxy) is 2. The smallest absolute Gasteiger partial charge is 0.387 e. The van der Waals surface area contributed by atoms with Crippen molar-refractivity contribution in [2.24, 2.45) is 0 Å². The molecule has 3 rings (SSSR count). The van der Waals surface area contributed by atoms with Crippen molar-refractivity contribution >= 4 is 11.6 Å². The second-order valence-corrected chi connectivity index (χ2v) is 5.61. The monoisotopic (exact) mass is 369 g/mol. The molecule has 0 spiro atoms. The highest BCUT2D eigenvalue weighted by Gasteiger charge is 2.15. The molecule has 6 heteroatoms. The van der Waals surface area contributed by atoms with Crippen LogP contribution in [0.25, 0.3) is 11.1 Å². The Kier molecular flexibility index (Phi) is 5.66. The van der Waals surface area contributed by atoms with Crippen molar-refractivity contribution in [3.05, 3.63) is 78.4 Å². The van der Waals surface area contributed by atoms with E-state index in [4.69, 9.17) is 4.74 Å². The van der Waals surface area contributed by atoms with Gasteiger partial charge in [0.15, 0.2) is 11.5 Å². The van der Waals surface area contributed by atoms with Crippen LogP contribution in [0.15, 0.2) is 72.8 Å². The van der Waals surface area contributed by atoms with E-state index in [1.54, 1.807) is 6.07 Å². The third-order valence-corrected chi connectivity index (χ3v) is 3.90. The van der Waals surface area contributed by atoms with E-state index in [1.165, 1.54) is 25.3 Å². The summed E-state index contributed by atoms with van der Waals surface area (Å²) in [7, 11) is 1.32. The standard InChI is InChI=1S/C21H17F2NO3/c1-26-19-13-15(11-12-18(19)27-21(22)23)20(25)24-17-10-6-5-9-16(17)14-7-3-2-4-8-14/h2-13,21H,1H3,(H,24,25). The highest BCUT2D eigenvalue weighted by Crippen LogP contribution is 2.31. The number of hydrogen-bond acceptors (Lipinski definition) is 3. The topological polar surface area (TPSA) is 47.6 Å². The van der Waals surface area contributed by atoms with E-state index in [2.05, 4.69) is 10.1 Å². The zero-order valence-electron chi connectivity index (χ0n) is 14.5. The molecule has 0 saturated heterocycles. The Bertz CT molecular complexity index is 930. The molecule has 0 fully saturated rings. The molecule has 4 nitrogen and oxygen atoms in total. The van der Waals surface area contributed by atoms with Gasteiger partial charge in [0.1, 0.15) is 0 Å². The summed E-state index contributed by atoms with van der Waals surface area (Å²) in [6.07, 6.45) is 0. The van der Waals surface area contributed by atoms with Crippen molar-refractivity contribution < 1.29 is 23.0 Å². The number of methoxy groups -OCH3 is 1. The van der Waals surface area contributed by atoms with Gasteiger partial charge < -0.3 is 14.8 Å². The van der Waals surface area contributed by atoms with Gasteiger partial charge in [-0.15, -0.1) is 0 Å². The molecule has 3 aromatic carbocycles. The van der Waals surface area contributed by atoms with Gasteiger partial charge in [-0.1, -0.05) is 48.5 Å². The molecule has 27 heavy (non-hydrogen) atoms. The summed E-state index contributed by atoms with van der Waals surface area (Å²) in [4.78, 5) is 12.6. The van der Waals surface area contributed by atoms with Gasteiger partial charge in [0.25, 0.3) is 5.91 Å². The number of halogens is 2. The van der Waals surface area contributed by atoms with Crippen LogP contribution in [0.1, 0.15) is 10.4 Å². The molecule has 3 aromatic rings. The van der Waals surface area contributed by atoms with Crippen molar-refractivity contribution in [1.29, 1.82) is 0 Å². The SMILES string of the molecule is COc1cc(C(=O)Nc2ccccc2-c2ccccc2)ccc1OC(F)F. The Hall–Kier alpha value is -3.41. The Morgan fingerprint density at radius 3 is 2.33 bits per heavy atom. The van der Waals surface area contributed by atoms with Crippen molar-refractivity contribution in [3.63, 3.8) is 0 Å². The van der Waals surface area contributed by atoms with Gasteiger partial charge in [-0.2, -0.15) is 8.78 Å². The number of benzene rings is 3. The second-order valence-electron chi connectivity index (χ2n) is 5.61. The van der Waals surface area contributed by atoms with Crippen molar-refractivity contribution in [3.8, 4) is 22.6 Å². The van der Waals surface area contributed by atoms with Gasteiger partial charge in [0.05, 0.1) is 7.11 Å². The third-order valence-electron chi connectivity index (χ3n) is 3.90. The molecule has 0 bridgehead atoms. The molecule has 0 aliphatic rings. The molecular weight excluding hydrogens is 352 g/mol. The van der Waals surface area contributed by atoms with Gasteiger partial charge in [0, 0.05) is 16.8 Å². The van der Waals surface area contributed by atoms with Gasteiger partial charge in [0.2, 0.25) is 0 Å². The first-order valence-corrected chi connectivity index (χ1v) is 8.17. The largest absolute Gasteiger partial charge is 0.493 e. The van der Waals surface area contributed by atoms with Crippen LogP contribution in [-0.4, -0.2) is 19.6 Å². The maximum atomic E-state index is 12.6. The summed E-state index contributed by atoms with van der Waals surface area (Å²) in [6, 6.07) is 21.1. The minimum absolute atomic E-state index is 0.0549. The predicted octanol–water partition coefficient (Wildman–Crippen LogP) is 5.22. The number of rotatable bonds is 6. The quantitative estimate of drug-likeness (QED) is 0.648. The van der Waals surface area contributed by atoms with E-state index in [0.717, 1.165) is 11.1 Å². The number of para-hydroxylation sites is 1. The van der Waals surface area contributed by atoms with Crippen LogP contribution >= 0.6 is 0 Å². The first kappa shape index (κ1) is 18.4. The molecule has 1 N–H and O–H groups in total. The van der Waals surface area contributed by atoms with E-state index in [0.29, 0.717) is 5.69 Å². The van der Waals surface area contributed by atoms with Crippen LogP contribution < -0.4 is 14.8 Å². The summed E-state index contributed by atoms with van der Waals surface area (Å²) < 4.78 is 34.3. The number of carbonyl (C=O) groups excluding carboxylic acids is 1. The number of carbonyl (C=O) groups is 1. The van der Waals surface area contributed by atoms with Gasteiger partial charge in [-0.25, -0.2) is 0 Å². The molecule has 0 aromatic heterocycles. The van der Waals surface area contributed by atoms with E-state index in [9.17, 15) is 13.6 Å². The average molecular weight is 369 g/mol. The number of nitrogens with one attached hydrogen (secondary N) is 1. The summed E-state index contributed by atoms with van der Waals surface area (Å²) >= 11 is 0. The maximum Gasteiger partial charge on any atom is 0.387 e. The molecule has 0 heterocycles. The van der Waals surface area contributed by atoms with Crippen LogP contribution in [0, 0.1) is 0 Å². The minimum atomic E-state index is -2.98. The predicted molar refractivity (Wildman–Crippen MR) is 99.5 cm³/mol. The molecule has 0 aliphatic heterocycles. The first-order chi connectivity index (χ1) is 13.1. The normalized spacial score (nSPS) is 10.5. The Morgan fingerprint density at radius 2 is 1.63 bits per heavy atom. The van der Waals surface area contributed by atoms with E-state index < -0.39 is 6.61 Å². The number of alkyl halides is 2. The number of hydrogen-bond donors (Lipinski definition) is 1. The maximum absolute atomic E-state index is 12.6. The third kappa shape index (κ3) is 4.41. The molecule has 1 amide bonds. The van der Waals surface area contributed by atoms with Crippen LogP contribution in [0.4, 0.5) is 14.5 Å². The van der Waals surface area contributed by atoms with Crippen molar-refractivity contribution in [2.45, 2.75) is 6.61 Å². The average Bonchev–Trinajstić information content (AvgIpc) is 2.69. The van der Waals surface area contributed by atoms with Gasteiger partial charge in [-0.3, -0.25) is 4.79 Å². The van der Waals surface area contributed by atoms with E-state index in [1.807, 2.05) is 48.5 Å². The lowest BCUT2D eigenvalue weighted by molar-refractivity contribution is -0.0512. The van der Waals surface area contributed by atoms with E-state index >= 15 is 0 Å². The van der Waals surface area contributed by atoms with Crippen LogP contribution in [0.2, 0.25) is 0 Å². The Balaban J connectivity index is 1.86. The highest BCUT2D eigenvalue weighted by molar-refractivity contribution is 6.06. The Labute approximate surface area is 155 Å². The lowest BCUT2D eigenvalue weighted by atomic mass is 10.0. The highest BCUT2D eigenvalue weighted by atomic mass is 19.3. The van der Waals surface area contributed by atoms with E-state index in [-0.39, 0.29) is 23.0 Å². The van der Waals surface area contributed by atoms with Crippen molar-refractivity contribution in [2.75, 3.05) is 12.4 Å². The van der Waals surface area contributed by atoms with Gasteiger partial charge in [-0.05, 0) is 29.8 Å². The van der Waals surface area contributed by atoms with Gasteiger partial charge >= 0.3 is 6.61 Å². The van der Waals surface area contributed by atoms with Crippen LogP contribution in [-0.2, 0) is 0 Å². The molecule has 0 atom stereocenters. The summed E-state index contributed by atoms with van der Waals surface area (Å²) in [5.74, 6) is -0.465. The molecule has 0 saturated carbocycles. The number of amides is 1. The fraction of sp³-hybridized carbons (Fsp3) is 0.0952. The first-order valence-electron chi connectivity index (χ1n) is 8.17. The summed E-state index contributed by atoms with van der Waals surface area (Å²) in [5, 5.41) is 2.85. The molecule has 138 valence electrons.